The summed E-state index contributed by atoms with van der Waals surface area (Å²) in [6.45, 7) is 0. The molecule has 24 heavy (non-hydrogen) atoms. The standard InChI is InChI=1S/C20H14N2O2/c23-19-18(15-9-3-1-4-10-15)20(24)22(16-11-5-2-6-12-16)17-13-7-8-14-21(17)19/h1-14H. The van der Waals surface area contributed by atoms with E-state index >= 15 is 0 Å². The van der Waals surface area contributed by atoms with E-state index in [4.69, 9.17) is 0 Å². The largest absolute Gasteiger partial charge is 0.841 e. The van der Waals surface area contributed by atoms with E-state index in [1.165, 1.54) is 4.40 Å². The Balaban J connectivity index is 2.18. The summed E-state index contributed by atoms with van der Waals surface area (Å²) >= 11 is 0. The first kappa shape index (κ1) is 14.2. The Bertz CT molecular complexity index is 1070. The molecule has 0 aliphatic rings. The maximum atomic E-state index is 13.2. The van der Waals surface area contributed by atoms with E-state index in [1.807, 2.05) is 54.6 Å². The second-order valence-electron chi connectivity index (χ2n) is 5.45. The van der Waals surface area contributed by atoms with Gasteiger partial charge in [-0.15, -0.1) is 0 Å². The first-order valence-electron chi connectivity index (χ1n) is 7.64. The summed E-state index contributed by atoms with van der Waals surface area (Å²) in [4.78, 5) is 13.2. The van der Waals surface area contributed by atoms with Crippen LogP contribution in [0.4, 0.5) is 0 Å². The monoisotopic (exact) mass is 314 g/mol. The average molecular weight is 314 g/mol. The molecule has 4 aromatic rings. The van der Waals surface area contributed by atoms with Gasteiger partial charge in [0, 0.05) is 6.07 Å². The van der Waals surface area contributed by atoms with Gasteiger partial charge in [-0.05, 0) is 23.8 Å². The zero-order valence-corrected chi connectivity index (χ0v) is 12.8. The van der Waals surface area contributed by atoms with Crippen LogP contribution in [0.15, 0.2) is 89.9 Å². The number of aromatic nitrogens is 2. The fourth-order valence-corrected chi connectivity index (χ4v) is 2.89. The molecule has 4 rings (SSSR count). The summed E-state index contributed by atoms with van der Waals surface area (Å²) in [5, 5.41) is 12.9. The Morgan fingerprint density at radius 3 is 2.12 bits per heavy atom. The van der Waals surface area contributed by atoms with E-state index < -0.39 is 0 Å². The van der Waals surface area contributed by atoms with Crippen LogP contribution in [0, 0.1) is 0 Å². The van der Waals surface area contributed by atoms with Gasteiger partial charge in [0.1, 0.15) is 11.3 Å². The molecule has 2 aromatic heterocycles. The van der Waals surface area contributed by atoms with E-state index in [0.717, 1.165) is 5.69 Å². The van der Waals surface area contributed by atoms with Crippen molar-refractivity contribution < 1.29 is 9.51 Å². The molecule has 0 bridgehead atoms. The first-order chi connectivity index (χ1) is 11.8. The molecule has 0 aliphatic carbocycles. The third kappa shape index (κ3) is 2.16. The van der Waals surface area contributed by atoms with E-state index in [9.17, 15) is 9.90 Å². The van der Waals surface area contributed by atoms with Gasteiger partial charge in [0.2, 0.25) is 0 Å². The quantitative estimate of drug-likeness (QED) is 0.533. The van der Waals surface area contributed by atoms with Crippen molar-refractivity contribution in [1.82, 2.24) is 4.57 Å². The van der Waals surface area contributed by atoms with Gasteiger partial charge in [-0.3, -0.25) is 0 Å². The number of benzene rings is 2. The first-order valence-corrected chi connectivity index (χ1v) is 7.64. The van der Waals surface area contributed by atoms with Crippen LogP contribution in [0.5, 0.6) is 5.88 Å². The molecular formula is C20H14N2O2. The Labute approximate surface area is 138 Å². The topological polar surface area (TPSA) is 49.2 Å². The minimum atomic E-state index is -0.316. The van der Waals surface area contributed by atoms with Crippen LogP contribution in [0.3, 0.4) is 0 Å². The van der Waals surface area contributed by atoms with Crippen molar-refractivity contribution in [1.29, 1.82) is 0 Å². The third-order valence-electron chi connectivity index (χ3n) is 3.99. The molecule has 0 fully saturated rings. The van der Waals surface area contributed by atoms with E-state index in [1.54, 1.807) is 35.0 Å². The highest BCUT2D eigenvalue weighted by Crippen LogP contribution is 2.22. The smallest absolute Gasteiger partial charge is 0.350 e. The van der Waals surface area contributed by atoms with E-state index in [-0.39, 0.29) is 17.0 Å². The van der Waals surface area contributed by atoms with Gasteiger partial charge in [-0.25, -0.2) is 9.20 Å². The van der Waals surface area contributed by atoms with Crippen molar-refractivity contribution in [3.8, 4) is 22.7 Å². The predicted octanol–water partition coefficient (Wildman–Crippen LogP) is 2.32. The number of pyridine rings is 1. The Hall–Kier alpha value is -3.40. The predicted molar refractivity (Wildman–Crippen MR) is 90.1 cm³/mol. The molecule has 0 radical (unpaired) electrons. The number of para-hydroxylation sites is 1. The highest BCUT2D eigenvalue weighted by Gasteiger charge is 2.21. The highest BCUT2D eigenvalue weighted by atomic mass is 16.3. The number of nitrogens with zero attached hydrogens (tertiary/aromatic N) is 2. The Morgan fingerprint density at radius 2 is 1.42 bits per heavy atom. The van der Waals surface area contributed by atoms with Crippen molar-refractivity contribution in [2.45, 2.75) is 0 Å². The van der Waals surface area contributed by atoms with Crippen LogP contribution in [0.2, 0.25) is 0 Å². The van der Waals surface area contributed by atoms with Crippen LogP contribution >= 0.6 is 0 Å². The third-order valence-corrected chi connectivity index (χ3v) is 3.99. The van der Waals surface area contributed by atoms with Crippen molar-refractivity contribution in [2.24, 2.45) is 0 Å². The molecule has 4 nitrogen and oxygen atoms in total. The van der Waals surface area contributed by atoms with Gasteiger partial charge in [-0.1, -0.05) is 54.6 Å². The lowest BCUT2D eigenvalue weighted by Gasteiger charge is -2.14. The lowest BCUT2D eigenvalue weighted by Crippen LogP contribution is -2.37. The summed E-state index contributed by atoms with van der Waals surface area (Å²) in [7, 11) is 0. The second-order valence-corrected chi connectivity index (χ2v) is 5.45. The normalized spacial score (nSPS) is 10.8. The highest BCUT2D eigenvalue weighted by molar-refractivity contribution is 5.67. The number of hydrogen-bond acceptors (Lipinski definition) is 2. The van der Waals surface area contributed by atoms with Crippen LogP contribution in [-0.4, -0.2) is 4.57 Å². The summed E-state index contributed by atoms with van der Waals surface area (Å²) in [6.07, 6.45) is 1.68. The molecule has 0 spiro atoms. The van der Waals surface area contributed by atoms with E-state index in [2.05, 4.69) is 0 Å². The van der Waals surface area contributed by atoms with Gasteiger partial charge in [-0.2, -0.15) is 4.57 Å². The minimum Gasteiger partial charge on any atom is -0.841 e. The van der Waals surface area contributed by atoms with Gasteiger partial charge >= 0.3 is 5.56 Å². The summed E-state index contributed by atoms with van der Waals surface area (Å²) in [6, 6.07) is 23.8. The SMILES string of the molecule is O=c1c(-c2ccccc2)c([O-])[n+]2ccccc2n1-c1ccccc1. The molecule has 2 heterocycles. The zero-order valence-electron chi connectivity index (χ0n) is 12.8. The fraction of sp³-hybridized carbons (Fsp3) is 0. The lowest BCUT2D eigenvalue weighted by atomic mass is 10.1. The lowest BCUT2D eigenvalue weighted by molar-refractivity contribution is -0.587. The van der Waals surface area contributed by atoms with Gasteiger partial charge in [0.05, 0.1) is 12.1 Å². The maximum absolute atomic E-state index is 13.2. The molecule has 0 unspecified atom stereocenters. The van der Waals surface area contributed by atoms with Crippen molar-refractivity contribution in [3.63, 3.8) is 0 Å². The molecule has 2 aromatic carbocycles. The maximum Gasteiger partial charge on any atom is 0.350 e. The summed E-state index contributed by atoms with van der Waals surface area (Å²) < 4.78 is 3.08. The molecule has 0 amide bonds. The van der Waals surface area contributed by atoms with E-state index in [0.29, 0.717) is 11.2 Å². The Morgan fingerprint density at radius 1 is 0.792 bits per heavy atom. The number of fused-ring (bicyclic) bond motifs is 1. The molecule has 116 valence electrons. The second kappa shape index (κ2) is 5.66. The fourth-order valence-electron chi connectivity index (χ4n) is 2.89. The minimum absolute atomic E-state index is 0.170. The van der Waals surface area contributed by atoms with Gasteiger partial charge in [0.25, 0.3) is 5.65 Å². The molecule has 0 saturated heterocycles. The van der Waals surface area contributed by atoms with Crippen molar-refractivity contribution in [2.75, 3.05) is 0 Å². The molecule has 0 N–H and O–H groups in total. The number of rotatable bonds is 2. The van der Waals surface area contributed by atoms with Gasteiger partial charge in [0.15, 0.2) is 0 Å². The van der Waals surface area contributed by atoms with Crippen molar-refractivity contribution >= 4 is 5.65 Å². The van der Waals surface area contributed by atoms with Gasteiger partial charge < -0.3 is 5.11 Å². The molecular weight excluding hydrogens is 300 g/mol. The average Bonchev–Trinajstić information content (AvgIpc) is 2.64. The Kier molecular flexibility index (Phi) is 3.35. The number of hydrogen-bond donors (Lipinski definition) is 0. The zero-order chi connectivity index (χ0) is 16.5. The van der Waals surface area contributed by atoms with Crippen LogP contribution < -0.4 is 15.1 Å². The summed E-state index contributed by atoms with van der Waals surface area (Å²) in [5.41, 5.74) is 1.74. The van der Waals surface area contributed by atoms with Crippen LogP contribution in [-0.2, 0) is 0 Å². The summed E-state index contributed by atoms with van der Waals surface area (Å²) in [5.74, 6) is -0.311. The molecule has 0 saturated carbocycles. The van der Waals surface area contributed by atoms with Crippen LogP contribution in [0.25, 0.3) is 22.5 Å². The molecule has 4 heteroatoms. The molecule has 0 aliphatic heterocycles. The van der Waals surface area contributed by atoms with Crippen molar-refractivity contribution in [3.05, 3.63) is 95.4 Å². The van der Waals surface area contributed by atoms with Crippen LogP contribution in [0.1, 0.15) is 0 Å². The molecule has 0 atom stereocenters.